The third-order valence-corrected chi connectivity index (χ3v) is 6.05. The first-order valence-electron chi connectivity index (χ1n) is 10.4. The van der Waals surface area contributed by atoms with E-state index in [4.69, 9.17) is 2.74 Å². The molecule has 2 heteroatoms. The van der Waals surface area contributed by atoms with Crippen LogP contribution in [0.3, 0.4) is 0 Å². The minimum atomic E-state index is -1.34. The molecule has 0 aromatic heterocycles. The van der Waals surface area contributed by atoms with Gasteiger partial charge in [-0.25, -0.2) is 8.78 Å². The van der Waals surface area contributed by atoms with Crippen molar-refractivity contribution in [2.45, 2.75) is 77.0 Å². The maximum absolute atomic E-state index is 13.6. The van der Waals surface area contributed by atoms with Crippen LogP contribution in [0.2, 0.25) is 0 Å². The predicted octanol–water partition coefficient (Wildman–Crippen LogP) is 6.85. The minimum absolute atomic E-state index is 0.324. The third kappa shape index (κ3) is 4.14. The fourth-order valence-corrected chi connectivity index (χ4v) is 4.65. The molecule has 0 saturated heterocycles. The van der Waals surface area contributed by atoms with Gasteiger partial charge in [-0.1, -0.05) is 38.7 Å². The number of hydrogen-bond donors (Lipinski definition) is 0. The average Bonchev–Trinajstić information content (AvgIpc) is 2.58. The van der Waals surface area contributed by atoms with Gasteiger partial charge < -0.3 is 0 Å². The van der Waals surface area contributed by atoms with Crippen LogP contribution in [0.1, 0.15) is 85.3 Å². The first-order chi connectivity index (χ1) is 11.9. The molecule has 0 radical (unpaired) electrons. The standard InChI is InChI=1S/C21H30F2/c1-2-3-15-4-6-16(7-5-15)17-8-10-18(11-9-17)19-12-13-20(22)21(23)14-19/h12-18H,2-11H2,1H3/t15-,16-,17?,18?/i10D2. The molecule has 2 fully saturated rings. The molecular formula is C21H30F2. The smallest absolute Gasteiger partial charge is 0.159 e. The Morgan fingerprint density at radius 3 is 2.30 bits per heavy atom. The van der Waals surface area contributed by atoms with E-state index >= 15 is 0 Å². The Kier molecular flexibility index (Phi) is 4.87. The fourth-order valence-electron chi connectivity index (χ4n) is 4.65. The lowest BCUT2D eigenvalue weighted by Crippen LogP contribution is -2.25. The summed E-state index contributed by atoms with van der Waals surface area (Å²) in [7, 11) is 0. The van der Waals surface area contributed by atoms with E-state index in [2.05, 4.69) is 6.92 Å². The Morgan fingerprint density at radius 2 is 1.65 bits per heavy atom. The summed E-state index contributed by atoms with van der Waals surface area (Å²) in [6, 6.07) is 3.87. The van der Waals surface area contributed by atoms with Gasteiger partial charge in [0, 0.05) is 2.74 Å². The largest absolute Gasteiger partial charge is 0.204 e. The Labute approximate surface area is 142 Å². The molecule has 2 unspecified atom stereocenters. The molecule has 2 saturated carbocycles. The van der Waals surface area contributed by atoms with Crippen molar-refractivity contribution in [1.29, 1.82) is 0 Å². The van der Waals surface area contributed by atoms with Gasteiger partial charge in [0.25, 0.3) is 0 Å². The molecule has 2 aliphatic carbocycles. The van der Waals surface area contributed by atoms with Crippen molar-refractivity contribution in [2.75, 3.05) is 0 Å². The highest BCUT2D eigenvalue weighted by atomic mass is 19.2. The van der Waals surface area contributed by atoms with Crippen molar-refractivity contribution in [3.8, 4) is 0 Å². The van der Waals surface area contributed by atoms with E-state index in [0.717, 1.165) is 24.8 Å². The Balaban J connectivity index is 1.63. The first-order valence-corrected chi connectivity index (χ1v) is 9.35. The summed E-state index contributed by atoms with van der Waals surface area (Å²) in [5, 5.41) is 0. The van der Waals surface area contributed by atoms with E-state index in [9.17, 15) is 8.78 Å². The quantitative estimate of drug-likeness (QED) is 0.569. The summed E-state index contributed by atoms with van der Waals surface area (Å²) in [6.07, 6.45) is 8.61. The highest BCUT2D eigenvalue weighted by Crippen LogP contribution is 2.44. The highest BCUT2D eigenvalue weighted by Gasteiger charge is 2.31. The van der Waals surface area contributed by atoms with Gasteiger partial charge in [-0.05, 0) is 79.8 Å². The lowest BCUT2D eigenvalue weighted by atomic mass is 9.68. The summed E-state index contributed by atoms with van der Waals surface area (Å²) in [6.45, 7) is 2.25. The van der Waals surface area contributed by atoms with E-state index in [1.165, 1.54) is 44.6 Å². The molecule has 0 spiro atoms. The summed E-state index contributed by atoms with van der Waals surface area (Å²) in [4.78, 5) is 0. The molecule has 2 atom stereocenters. The molecule has 128 valence electrons. The van der Waals surface area contributed by atoms with Crippen LogP contribution in [0, 0.1) is 29.4 Å². The van der Waals surface area contributed by atoms with Gasteiger partial charge in [0.1, 0.15) is 0 Å². The second kappa shape index (κ2) is 7.77. The summed E-state index contributed by atoms with van der Waals surface area (Å²) >= 11 is 0. The lowest BCUT2D eigenvalue weighted by molar-refractivity contribution is 0.156. The Hall–Kier alpha value is -0.920. The average molecular weight is 322 g/mol. The first kappa shape index (κ1) is 14.4. The van der Waals surface area contributed by atoms with E-state index in [1.54, 1.807) is 6.07 Å². The van der Waals surface area contributed by atoms with Crippen molar-refractivity contribution < 1.29 is 11.5 Å². The monoisotopic (exact) mass is 322 g/mol. The van der Waals surface area contributed by atoms with Gasteiger partial charge in [-0.2, -0.15) is 0 Å². The molecule has 3 rings (SSSR count). The van der Waals surface area contributed by atoms with Crippen molar-refractivity contribution in [3.63, 3.8) is 0 Å². The van der Waals surface area contributed by atoms with Gasteiger partial charge in [0.2, 0.25) is 0 Å². The van der Waals surface area contributed by atoms with E-state index in [1.807, 2.05) is 0 Å². The number of rotatable bonds is 4. The SMILES string of the molecule is [2H]C1([2H])CC([C@H]2CC[C@H](CCC)CC2)CCC1c1ccc(F)c(F)c1. The molecule has 0 heterocycles. The second-order valence-corrected chi connectivity index (χ2v) is 7.54. The van der Waals surface area contributed by atoms with Crippen LogP contribution in [0.5, 0.6) is 0 Å². The van der Waals surface area contributed by atoms with Crippen LogP contribution in [0.15, 0.2) is 18.2 Å². The topological polar surface area (TPSA) is 0 Å². The van der Waals surface area contributed by atoms with Crippen molar-refractivity contribution in [2.24, 2.45) is 17.8 Å². The molecule has 0 nitrogen and oxygen atoms in total. The summed E-state index contributed by atoms with van der Waals surface area (Å²) in [5.41, 5.74) is 0.606. The Bertz CT molecular complexity index is 579. The normalized spacial score (nSPS) is 35.4. The van der Waals surface area contributed by atoms with Crippen LogP contribution in [0.25, 0.3) is 0 Å². The zero-order valence-electron chi connectivity index (χ0n) is 16.2. The minimum Gasteiger partial charge on any atom is -0.204 e. The second-order valence-electron chi connectivity index (χ2n) is 7.54. The number of halogens is 2. The number of hydrogen-bond acceptors (Lipinski definition) is 0. The third-order valence-electron chi connectivity index (χ3n) is 6.05. The van der Waals surface area contributed by atoms with Crippen molar-refractivity contribution in [1.82, 2.24) is 0 Å². The molecule has 23 heavy (non-hydrogen) atoms. The van der Waals surface area contributed by atoms with Crippen LogP contribution < -0.4 is 0 Å². The van der Waals surface area contributed by atoms with Gasteiger partial charge >= 0.3 is 0 Å². The van der Waals surface area contributed by atoms with E-state index in [-0.39, 0.29) is 5.92 Å². The van der Waals surface area contributed by atoms with Gasteiger partial charge in [-0.15, -0.1) is 0 Å². The zero-order chi connectivity index (χ0) is 18.0. The molecule has 1 aromatic rings. The summed E-state index contributed by atoms with van der Waals surface area (Å²) in [5.74, 6) is -0.0912. The van der Waals surface area contributed by atoms with Crippen molar-refractivity contribution >= 4 is 0 Å². The van der Waals surface area contributed by atoms with Crippen LogP contribution in [-0.4, -0.2) is 0 Å². The summed E-state index contributed by atoms with van der Waals surface area (Å²) < 4.78 is 43.8. The molecule has 0 N–H and O–H groups in total. The molecule has 1 aromatic carbocycles. The molecule has 2 aliphatic rings. The van der Waals surface area contributed by atoms with Gasteiger partial charge in [0.15, 0.2) is 11.6 Å². The van der Waals surface area contributed by atoms with Gasteiger partial charge in [0.05, 0.1) is 0 Å². The molecule has 0 bridgehead atoms. The lowest BCUT2D eigenvalue weighted by Gasteiger charge is -2.38. The fraction of sp³-hybridized carbons (Fsp3) is 0.714. The maximum Gasteiger partial charge on any atom is 0.159 e. The van der Waals surface area contributed by atoms with Gasteiger partial charge in [-0.3, -0.25) is 0 Å². The predicted molar refractivity (Wildman–Crippen MR) is 91.4 cm³/mol. The van der Waals surface area contributed by atoms with E-state index < -0.39 is 18.0 Å². The molecular weight excluding hydrogens is 290 g/mol. The van der Waals surface area contributed by atoms with Crippen LogP contribution in [0.4, 0.5) is 8.78 Å². The highest BCUT2D eigenvalue weighted by molar-refractivity contribution is 5.22. The maximum atomic E-state index is 13.6. The van der Waals surface area contributed by atoms with Crippen LogP contribution in [-0.2, 0) is 0 Å². The number of benzene rings is 1. The Morgan fingerprint density at radius 1 is 0.957 bits per heavy atom. The van der Waals surface area contributed by atoms with Crippen LogP contribution >= 0.6 is 0 Å². The zero-order valence-corrected chi connectivity index (χ0v) is 14.2. The molecule has 0 aliphatic heterocycles. The van der Waals surface area contributed by atoms with Crippen molar-refractivity contribution in [3.05, 3.63) is 35.4 Å². The molecule has 0 amide bonds. The van der Waals surface area contributed by atoms with E-state index in [0.29, 0.717) is 23.8 Å².